The minimum Gasteiger partial charge on any atom is -0.449 e. The molecule has 3 amide bonds. The van der Waals surface area contributed by atoms with Crippen molar-refractivity contribution in [3.63, 3.8) is 0 Å². The standard InChI is InChI=1S/C15H21N3O4/c1-5-16-15(21)17-13(19)10(2)22-14(20)11-7-6-8-12(9-11)18(3)4/h6-10H,5H2,1-4H3,(H2,16,17,19,21)/t10-/m0/s1. The van der Waals surface area contributed by atoms with Crippen LogP contribution < -0.4 is 15.5 Å². The van der Waals surface area contributed by atoms with Gasteiger partial charge in [0.15, 0.2) is 6.10 Å². The molecule has 0 aliphatic carbocycles. The Balaban J connectivity index is 2.65. The fourth-order valence-electron chi connectivity index (χ4n) is 1.61. The Bertz CT molecular complexity index is 557. The van der Waals surface area contributed by atoms with Crippen LogP contribution in [0.15, 0.2) is 24.3 Å². The van der Waals surface area contributed by atoms with Crippen molar-refractivity contribution < 1.29 is 19.1 Å². The first-order chi connectivity index (χ1) is 10.3. The Hall–Kier alpha value is -2.57. The molecule has 0 unspecified atom stereocenters. The average Bonchev–Trinajstić information content (AvgIpc) is 2.47. The number of amides is 3. The monoisotopic (exact) mass is 307 g/mol. The minimum atomic E-state index is -1.07. The van der Waals surface area contributed by atoms with Crippen LogP contribution in [0, 0.1) is 0 Å². The van der Waals surface area contributed by atoms with E-state index in [0.717, 1.165) is 5.69 Å². The third-order valence-electron chi connectivity index (χ3n) is 2.83. The van der Waals surface area contributed by atoms with E-state index < -0.39 is 24.0 Å². The van der Waals surface area contributed by atoms with Crippen LogP contribution in [0.1, 0.15) is 24.2 Å². The van der Waals surface area contributed by atoms with E-state index in [2.05, 4.69) is 10.6 Å². The molecule has 120 valence electrons. The number of hydrogen-bond acceptors (Lipinski definition) is 5. The lowest BCUT2D eigenvalue weighted by atomic mass is 10.2. The Labute approximate surface area is 129 Å². The Morgan fingerprint density at radius 1 is 1.27 bits per heavy atom. The SMILES string of the molecule is CCNC(=O)NC(=O)[C@H](C)OC(=O)c1cccc(N(C)C)c1. The van der Waals surface area contributed by atoms with Crippen LogP contribution in [0.3, 0.4) is 0 Å². The second kappa shape index (κ2) is 8.02. The molecule has 0 aliphatic rings. The van der Waals surface area contributed by atoms with Gasteiger partial charge in [-0.3, -0.25) is 10.1 Å². The molecule has 1 atom stereocenters. The third-order valence-corrected chi connectivity index (χ3v) is 2.83. The zero-order valence-corrected chi connectivity index (χ0v) is 13.2. The maximum atomic E-state index is 12.0. The Kier molecular flexibility index (Phi) is 6.37. The normalized spacial score (nSPS) is 11.3. The first kappa shape index (κ1) is 17.5. The van der Waals surface area contributed by atoms with E-state index in [1.807, 2.05) is 25.1 Å². The number of anilines is 1. The van der Waals surface area contributed by atoms with E-state index in [0.29, 0.717) is 12.1 Å². The highest BCUT2D eigenvalue weighted by Crippen LogP contribution is 2.14. The van der Waals surface area contributed by atoms with Crippen LogP contribution in [0.5, 0.6) is 0 Å². The van der Waals surface area contributed by atoms with Gasteiger partial charge in [-0.2, -0.15) is 0 Å². The molecule has 22 heavy (non-hydrogen) atoms. The lowest BCUT2D eigenvalue weighted by Crippen LogP contribution is -2.44. The number of hydrogen-bond donors (Lipinski definition) is 2. The van der Waals surface area contributed by atoms with Crippen molar-refractivity contribution in [2.45, 2.75) is 20.0 Å². The summed E-state index contributed by atoms with van der Waals surface area (Å²) in [6, 6.07) is 6.22. The molecule has 7 heteroatoms. The summed E-state index contributed by atoms with van der Waals surface area (Å²) in [5.41, 5.74) is 1.18. The number of urea groups is 1. The van der Waals surface area contributed by atoms with Crippen molar-refractivity contribution in [2.75, 3.05) is 25.5 Å². The Morgan fingerprint density at radius 2 is 1.95 bits per heavy atom. The smallest absolute Gasteiger partial charge is 0.338 e. The van der Waals surface area contributed by atoms with E-state index in [9.17, 15) is 14.4 Å². The van der Waals surface area contributed by atoms with Gasteiger partial charge in [0.05, 0.1) is 5.56 Å². The summed E-state index contributed by atoms with van der Waals surface area (Å²) in [6.45, 7) is 3.53. The molecule has 0 bridgehead atoms. The summed E-state index contributed by atoms with van der Waals surface area (Å²) in [5.74, 6) is -1.30. The van der Waals surface area contributed by atoms with Crippen molar-refractivity contribution >= 4 is 23.6 Å². The predicted molar refractivity (Wildman–Crippen MR) is 82.9 cm³/mol. The predicted octanol–water partition coefficient (Wildman–Crippen LogP) is 1.14. The molecule has 0 aromatic heterocycles. The first-order valence-corrected chi connectivity index (χ1v) is 6.92. The number of rotatable bonds is 5. The van der Waals surface area contributed by atoms with Gasteiger partial charge in [-0.25, -0.2) is 9.59 Å². The number of imide groups is 1. The van der Waals surface area contributed by atoms with Gasteiger partial charge in [0, 0.05) is 26.3 Å². The van der Waals surface area contributed by atoms with Gasteiger partial charge in [0.1, 0.15) is 0 Å². The van der Waals surface area contributed by atoms with Gasteiger partial charge < -0.3 is 15.0 Å². The van der Waals surface area contributed by atoms with Gasteiger partial charge >= 0.3 is 12.0 Å². The molecule has 0 spiro atoms. The molecule has 0 heterocycles. The summed E-state index contributed by atoms with van der Waals surface area (Å²) >= 11 is 0. The number of carbonyl (C=O) groups excluding carboxylic acids is 3. The summed E-state index contributed by atoms with van der Waals surface area (Å²) in [7, 11) is 3.71. The number of esters is 1. The molecular weight excluding hydrogens is 286 g/mol. The average molecular weight is 307 g/mol. The van der Waals surface area contributed by atoms with Crippen molar-refractivity contribution in [1.82, 2.24) is 10.6 Å². The van der Waals surface area contributed by atoms with Gasteiger partial charge in [-0.05, 0) is 32.0 Å². The van der Waals surface area contributed by atoms with E-state index in [4.69, 9.17) is 4.74 Å². The van der Waals surface area contributed by atoms with Crippen LogP contribution in [-0.4, -0.2) is 44.7 Å². The fraction of sp³-hybridized carbons (Fsp3) is 0.400. The molecule has 0 aliphatic heterocycles. The van der Waals surface area contributed by atoms with Crippen LogP contribution >= 0.6 is 0 Å². The van der Waals surface area contributed by atoms with E-state index >= 15 is 0 Å². The number of benzene rings is 1. The van der Waals surface area contributed by atoms with Gasteiger partial charge in [-0.1, -0.05) is 6.07 Å². The third kappa shape index (κ3) is 5.08. The quantitative estimate of drug-likeness (QED) is 0.797. The zero-order valence-electron chi connectivity index (χ0n) is 13.2. The molecule has 0 saturated carbocycles. The molecule has 1 aromatic carbocycles. The summed E-state index contributed by atoms with van der Waals surface area (Å²) < 4.78 is 5.06. The highest BCUT2D eigenvalue weighted by Gasteiger charge is 2.20. The van der Waals surface area contributed by atoms with Crippen molar-refractivity contribution in [3.05, 3.63) is 29.8 Å². The lowest BCUT2D eigenvalue weighted by molar-refractivity contribution is -0.127. The number of nitrogens with one attached hydrogen (secondary N) is 2. The van der Waals surface area contributed by atoms with Crippen LogP contribution in [0.25, 0.3) is 0 Å². The van der Waals surface area contributed by atoms with E-state index in [1.54, 1.807) is 25.1 Å². The molecule has 0 saturated heterocycles. The highest BCUT2D eigenvalue weighted by molar-refractivity contribution is 5.98. The van der Waals surface area contributed by atoms with Crippen LogP contribution in [0.4, 0.5) is 10.5 Å². The fourth-order valence-corrected chi connectivity index (χ4v) is 1.61. The summed E-state index contributed by atoms with van der Waals surface area (Å²) in [5, 5.41) is 4.51. The summed E-state index contributed by atoms with van der Waals surface area (Å²) in [6.07, 6.45) is -1.07. The highest BCUT2D eigenvalue weighted by atomic mass is 16.5. The molecule has 2 N–H and O–H groups in total. The number of carbonyl (C=O) groups is 3. The lowest BCUT2D eigenvalue weighted by Gasteiger charge is -2.15. The van der Waals surface area contributed by atoms with E-state index in [-0.39, 0.29) is 0 Å². The van der Waals surface area contributed by atoms with Crippen LogP contribution in [-0.2, 0) is 9.53 Å². The number of ether oxygens (including phenoxy) is 1. The first-order valence-electron chi connectivity index (χ1n) is 6.92. The molecular formula is C15H21N3O4. The largest absolute Gasteiger partial charge is 0.449 e. The minimum absolute atomic E-state index is 0.337. The second-order valence-corrected chi connectivity index (χ2v) is 4.84. The van der Waals surface area contributed by atoms with Gasteiger partial charge in [-0.15, -0.1) is 0 Å². The Morgan fingerprint density at radius 3 is 2.55 bits per heavy atom. The second-order valence-electron chi connectivity index (χ2n) is 4.84. The molecule has 1 rings (SSSR count). The molecule has 0 fully saturated rings. The van der Waals surface area contributed by atoms with Crippen molar-refractivity contribution in [3.8, 4) is 0 Å². The van der Waals surface area contributed by atoms with Crippen molar-refractivity contribution in [2.24, 2.45) is 0 Å². The van der Waals surface area contributed by atoms with Gasteiger partial charge in [0.25, 0.3) is 5.91 Å². The molecule has 1 aromatic rings. The topological polar surface area (TPSA) is 87.7 Å². The summed E-state index contributed by atoms with van der Waals surface area (Å²) in [4.78, 5) is 36.8. The molecule has 0 radical (unpaired) electrons. The maximum absolute atomic E-state index is 12.0. The van der Waals surface area contributed by atoms with Crippen molar-refractivity contribution in [1.29, 1.82) is 0 Å². The maximum Gasteiger partial charge on any atom is 0.338 e. The van der Waals surface area contributed by atoms with Crippen LogP contribution in [0.2, 0.25) is 0 Å². The zero-order chi connectivity index (χ0) is 16.7. The van der Waals surface area contributed by atoms with Gasteiger partial charge in [0.2, 0.25) is 0 Å². The molecule has 7 nitrogen and oxygen atoms in total. The van der Waals surface area contributed by atoms with E-state index in [1.165, 1.54) is 6.92 Å². The number of nitrogens with zero attached hydrogens (tertiary/aromatic N) is 1.